The second-order valence-electron chi connectivity index (χ2n) is 6.64. The van der Waals surface area contributed by atoms with Crippen LogP contribution in [0.3, 0.4) is 0 Å². The molecule has 0 aliphatic heterocycles. The number of H-pyrrole nitrogens is 1. The van der Waals surface area contributed by atoms with Crippen molar-refractivity contribution < 1.29 is 4.79 Å². The molecule has 0 spiro atoms. The molecule has 1 amide bonds. The van der Waals surface area contributed by atoms with Gasteiger partial charge in [0.15, 0.2) is 0 Å². The Kier molecular flexibility index (Phi) is 4.44. The Morgan fingerprint density at radius 3 is 2.50 bits per heavy atom. The van der Waals surface area contributed by atoms with E-state index >= 15 is 0 Å². The third-order valence-corrected chi connectivity index (χ3v) is 4.77. The Balaban J connectivity index is 1.79. The molecule has 4 rings (SSSR count). The zero-order chi connectivity index (χ0) is 17.9. The maximum atomic E-state index is 12.2. The SMILES string of the molecule is CCCC(=O)Nc1c(Cc2cccc3ccccc23)[nH]c2ccccc12. The highest BCUT2D eigenvalue weighted by Crippen LogP contribution is 2.31. The van der Waals surface area contributed by atoms with E-state index in [9.17, 15) is 4.79 Å². The van der Waals surface area contributed by atoms with E-state index in [2.05, 4.69) is 64.9 Å². The molecule has 0 fully saturated rings. The van der Waals surface area contributed by atoms with Gasteiger partial charge in [0.05, 0.1) is 5.69 Å². The fourth-order valence-corrected chi connectivity index (χ4v) is 3.54. The van der Waals surface area contributed by atoms with Crippen LogP contribution in [0.25, 0.3) is 21.7 Å². The molecule has 0 bridgehead atoms. The van der Waals surface area contributed by atoms with E-state index in [-0.39, 0.29) is 5.91 Å². The summed E-state index contributed by atoms with van der Waals surface area (Å²) in [6.07, 6.45) is 2.12. The number of aromatic amines is 1. The first-order valence-corrected chi connectivity index (χ1v) is 9.12. The van der Waals surface area contributed by atoms with Crippen molar-refractivity contribution in [2.75, 3.05) is 5.32 Å². The number of hydrogen-bond acceptors (Lipinski definition) is 1. The Hall–Kier alpha value is -3.07. The van der Waals surface area contributed by atoms with Crippen molar-refractivity contribution in [2.45, 2.75) is 26.2 Å². The fourth-order valence-electron chi connectivity index (χ4n) is 3.54. The molecule has 0 radical (unpaired) electrons. The number of carbonyl (C=O) groups is 1. The molecule has 0 aliphatic rings. The third-order valence-electron chi connectivity index (χ3n) is 4.77. The summed E-state index contributed by atoms with van der Waals surface area (Å²) >= 11 is 0. The fraction of sp³-hybridized carbons (Fsp3) is 0.174. The first-order valence-electron chi connectivity index (χ1n) is 9.12. The highest BCUT2D eigenvalue weighted by atomic mass is 16.1. The summed E-state index contributed by atoms with van der Waals surface area (Å²) in [6.45, 7) is 2.02. The quantitative estimate of drug-likeness (QED) is 0.483. The predicted octanol–water partition coefficient (Wildman–Crippen LogP) is 5.65. The van der Waals surface area contributed by atoms with Crippen LogP contribution >= 0.6 is 0 Å². The number of aromatic nitrogens is 1. The molecule has 3 heteroatoms. The van der Waals surface area contributed by atoms with Gasteiger partial charge in [-0.15, -0.1) is 0 Å². The molecule has 0 atom stereocenters. The summed E-state index contributed by atoms with van der Waals surface area (Å²) in [5, 5.41) is 6.68. The van der Waals surface area contributed by atoms with Gasteiger partial charge in [0.1, 0.15) is 0 Å². The number of amides is 1. The minimum absolute atomic E-state index is 0.0661. The van der Waals surface area contributed by atoms with Crippen LogP contribution in [-0.4, -0.2) is 10.9 Å². The Bertz CT molecular complexity index is 1070. The van der Waals surface area contributed by atoms with Crippen molar-refractivity contribution in [3.63, 3.8) is 0 Å². The number of rotatable bonds is 5. The second kappa shape index (κ2) is 7.04. The Labute approximate surface area is 153 Å². The smallest absolute Gasteiger partial charge is 0.224 e. The molecular formula is C23H22N2O. The van der Waals surface area contributed by atoms with Gasteiger partial charge in [0.25, 0.3) is 0 Å². The molecule has 1 aromatic heterocycles. The number of anilines is 1. The van der Waals surface area contributed by atoms with Crippen LogP contribution in [0.4, 0.5) is 5.69 Å². The van der Waals surface area contributed by atoms with Gasteiger partial charge in [0, 0.05) is 29.4 Å². The van der Waals surface area contributed by atoms with E-state index in [1.54, 1.807) is 0 Å². The molecule has 0 unspecified atom stereocenters. The zero-order valence-electron chi connectivity index (χ0n) is 14.9. The van der Waals surface area contributed by atoms with Gasteiger partial charge >= 0.3 is 0 Å². The summed E-state index contributed by atoms with van der Waals surface area (Å²) in [4.78, 5) is 15.8. The topological polar surface area (TPSA) is 44.9 Å². The normalized spacial score (nSPS) is 11.1. The van der Waals surface area contributed by atoms with Crippen LogP contribution in [-0.2, 0) is 11.2 Å². The predicted molar refractivity (Wildman–Crippen MR) is 109 cm³/mol. The molecule has 0 aliphatic carbocycles. The van der Waals surface area contributed by atoms with E-state index in [4.69, 9.17) is 0 Å². The number of fused-ring (bicyclic) bond motifs is 2. The van der Waals surface area contributed by atoms with Crippen LogP contribution in [0, 0.1) is 0 Å². The zero-order valence-corrected chi connectivity index (χ0v) is 14.9. The number of hydrogen-bond donors (Lipinski definition) is 2. The van der Waals surface area contributed by atoms with E-state index in [0.29, 0.717) is 6.42 Å². The van der Waals surface area contributed by atoms with E-state index in [1.165, 1.54) is 16.3 Å². The first kappa shape index (κ1) is 16.4. The largest absolute Gasteiger partial charge is 0.356 e. The van der Waals surface area contributed by atoms with Crippen molar-refractivity contribution in [3.8, 4) is 0 Å². The maximum absolute atomic E-state index is 12.2. The van der Waals surface area contributed by atoms with Crippen molar-refractivity contribution >= 4 is 33.3 Å². The van der Waals surface area contributed by atoms with Gasteiger partial charge in [0.2, 0.25) is 5.91 Å². The molecule has 2 N–H and O–H groups in total. The summed E-state index contributed by atoms with van der Waals surface area (Å²) in [7, 11) is 0. The minimum atomic E-state index is 0.0661. The van der Waals surface area contributed by atoms with Crippen molar-refractivity contribution in [1.82, 2.24) is 4.98 Å². The highest BCUT2D eigenvalue weighted by Gasteiger charge is 2.15. The maximum Gasteiger partial charge on any atom is 0.224 e. The van der Waals surface area contributed by atoms with Gasteiger partial charge < -0.3 is 10.3 Å². The molecule has 0 saturated carbocycles. The average Bonchev–Trinajstić information content (AvgIpc) is 2.99. The van der Waals surface area contributed by atoms with Crippen LogP contribution in [0.1, 0.15) is 31.0 Å². The van der Waals surface area contributed by atoms with Gasteiger partial charge in [-0.25, -0.2) is 0 Å². The van der Waals surface area contributed by atoms with Gasteiger partial charge in [-0.1, -0.05) is 67.6 Å². The standard InChI is InChI=1S/C23H22N2O/c1-2-8-22(26)25-23-19-13-5-6-14-20(19)24-21(23)15-17-11-7-10-16-9-3-4-12-18(16)17/h3-7,9-14,24H,2,8,15H2,1H3,(H,25,26). The molecule has 1 heterocycles. The van der Waals surface area contributed by atoms with Crippen LogP contribution in [0.2, 0.25) is 0 Å². The number of para-hydroxylation sites is 1. The van der Waals surface area contributed by atoms with Crippen LogP contribution in [0.5, 0.6) is 0 Å². The van der Waals surface area contributed by atoms with E-state index < -0.39 is 0 Å². The molecule has 3 nitrogen and oxygen atoms in total. The van der Waals surface area contributed by atoms with Gasteiger partial charge in [-0.3, -0.25) is 4.79 Å². The summed E-state index contributed by atoms with van der Waals surface area (Å²) in [5.74, 6) is 0.0661. The minimum Gasteiger partial charge on any atom is -0.356 e. The number of benzene rings is 3. The summed E-state index contributed by atoms with van der Waals surface area (Å²) < 4.78 is 0. The van der Waals surface area contributed by atoms with Gasteiger partial charge in [-0.05, 0) is 28.8 Å². The first-order chi connectivity index (χ1) is 12.8. The molecular weight excluding hydrogens is 320 g/mol. The monoisotopic (exact) mass is 342 g/mol. The number of nitrogens with one attached hydrogen (secondary N) is 2. The average molecular weight is 342 g/mol. The summed E-state index contributed by atoms with van der Waals surface area (Å²) in [6, 6.07) is 22.9. The lowest BCUT2D eigenvalue weighted by atomic mass is 10.0. The van der Waals surface area contributed by atoms with E-state index in [0.717, 1.165) is 35.1 Å². The summed E-state index contributed by atoms with van der Waals surface area (Å²) in [5.41, 5.74) is 4.26. The van der Waals surface area contributed by atoms with Crippen LogP contribution in [0.15, 0.2) is 66.7 Å². The third kappa shape index (κ3) is 3.08. The molecule has 130 valence electrons. The van der Waals surface area contributed by atoms with Crippen molar-refractivity contribution in [1.29, 1.82) is 0 Å². The lowest BCUT2D eigenvalue weighted by Crippen LogP contribution is -2.12. The van der Waals surface area contributed by atoms with Crippen molar-refractivity contribution in [2.24, 2.45) is 0 Å². The number of carbonyl (C=O) groups excluding carboxylic acids is 1. The van der Waals surface area contributed by atoms with Crippen molar-refractivity contribution in [3.05, 3.63) is 78.0 Å². The molecule has 3 aromatic carbocycles. The molecule has 4 aromatic rings. The van der Waals surface area contributed by atoms with Crippen LogP contribution < -0.4 is 5.32 Å². The van der Waals surface area contributed by atoms with Gasteiger partial charge in [-0.2, -0.15) is 0 Å². The Morgan fingerprint density at radius 1 is 0.923 bits per heavy atom. The Morgan fingerprint density at radius 2 is 1.65 bits per heavy atom. The second-order valence-corrected chi connectivity index (χ2v) is 6.64. The lowest BCUT2D eigenvalue weighted by Gasteiger charge is -2.09. The lowest BCUT2D eigenvalue weighted by molar-refractivity contribution is -0.116. The molecule has 0 saturated heterocycles. The van der Waals surface area contributed by atoms with E-state index in [1.807, 2.05) is 19.1 Å². The molecule has 26 heavy (non-hydrogen) atoms. The highest BCUT2D eigenvalue weighted by molar-refractivity contribution is 6.03.